The minimum atomic E-state index is 0. The van der Waals surface area contributed by atoms with Gasteiger partial charge in [-0.2, -0.15) is 12.2 Å². The number of halogens is 2. The maximum Gasteiger partial charge on any atom is 2.00 e. The summed E-state index contributed by atoms with van der Waals surface area (Å²) in [6.45, 7) is 13.5. The third-order valence-corrected chi connectivity index (χ3v) is 2.97. The first-order valence-corrected chi connectivity index (χ1v) is 7.68. The molecule has 0 fully saturated rings. The van der Waals surface area contributed by atoms with Crippen molar-refractivity contribution in [1.29, 1.82) is 0 Å². The topological polar surface area (TPSA) is 0 Å². The fourth-order valence-electron chi connectivity index (χ4n) is 2.29. The Kier molecular flexibility index (Phi) is 14.5. The predicted octanol–water partition coefficient (Wildman–Crippen LogP) is 6.53. The van der Waals surface area contributed by atoms with Gasteiger partial charge in [-0.1, -0.05) is 54.4 Å². The van der Waals surface area contributed by atoms with Gasteiger partial charge in [0.25, 0.3) is 0 Å². The van der Waals surface area contributed by atoms with E-state index in [4.69, 9.17) is 0 Å². The number of hydrogen-bond donors (Lipinski definition) is 0. The van der Waals surface area contributed by atoms with Gasteiger partial charge in [-0.15, -0.1) is 12.8 Å². The minimum absolute atomic E-state index is 0. The average molecular weight is 402 g/mol. The Morgan fingerprint density at radius 3 is 1.22 bits per heavy atom. The molecule has 0 heterocycles. The van der Waals surface area contributed by atoms with Gasteiger partial charge in [0.1, 0.15) is 0 Å². The summed E-state index contributed by atoms with van der Waals surface area (Å²) >= 11 is 0. The van der Waals surface area contributed by atoms with Crippen LogP contribution in [0.1, 0.15) is 67.2 Å². The Balaban J connectivity index is -0.000000308. The van der Waals surface area contributed by atoms with Crippen molar-refractivity contribution >= 4 is 0 Å². The summed E-state index contributed by atoms with van der Waals surface area (Å²) < 4.78 is 0. The molecule has 0 saturated carbocycles. The van der Waals surface area contributed by atoms with Gasteiger partial charge in [0.05, 0.1) is 0 Å². The van der Waals surface area contributed by atoms with Crippen molar-refractivity contribution in [2.45, 2.75) is 67.2 Å². The maximum absolute atomic E-state index is 3.32. The van der Waals surface area contributed by atoms with Gasteiger partial charge in [0, 0.05) is 0 Å². The zero-order valence-electron chi connectivity index (χ0n) is 15.5. The Bertz CT molecular complexity index is 388. The molecule has 0 bridgehead atoms. The van der Waals surface area contributed by atoms with E-state index < -0.39 is 0 Å². The van der Waals surface area contributed by atoms with Crippen molar-refractivity contribution in [3.8, 4) is 0 Å². The molecule has 0 radical (unpaired) electrons. The molecule has 2 aliphatic rings. The normalized spacial score (nSPS) is 15.4. The van der Waals surface area contributed by atoms with Crippen LogP contribution in [0.4, 0.5) is 9.41 Å². The monoisotopic (exact) mass is 400 g/mol. The number of allylic oxidation sites excluding steroid dienone is 8. The predicted molar refractivity (Wildman–Crippen MR) is 94.2 cm³/mol. The van der Waals surface area contributed by atoms with Crippen LogP contribution < -0.4 is 0 Å². The van der Waals surface area contributed by atoms with Crippen molar-refractivity contribution < 1.29 is 35.6 Å². The third kappa shape index (κ3) is 15.0. The molecule has 0 aliphatic heterocycles. The molecule has 0 nitrogen and oxygen atoms in total. The molecule has 2 aliphatic carbocycles. The minimum Gasteiger partial charge on any atom is -0.269 e. The molecule has 0 aromatic rings. The molecule has 3 heteroatoms. The summed E-state index contributed by atoms with van der Waals surface area (Å²) in [7, 11) is 0. The van der Waals surface area contributed by atoms with Crippen LogP contribution in [0.2, 0.25) is 0 Å². The van der Waals surface area contributed by atoms with E-state index in [0.717, 1.165) is 25.7 Å². The summed E-state index contributed by atoms with van der Waals surface area (Å²) in [5.41, 5.74) is 3.59. The van der Waals surface area contributed by atoms with Gasteiger partial charge >= 0.3 is 26.2 Å². The number of rotatable bonds is 2. The van der Waals surface area contributed by atoms with Crippen molar-refractivity contribution in [3.05, 3.63) is 47.6 Å². The largest absolute Gasteiger partial charge is 2.00 e. The molecule has 23 heavy (non-hydrogen) atoms. The van der Waals surface area contributed by atoms with Gasteiger partial charge in [0.15, 0.2) is 0 Å². The second-order valence-electron chi connectivity index (χ2n) is 8.09. The van der Waals surface area contributed by atoms with E-state index in [-0.39, 0.29) is 35.6 Å². The van der Waals surface area contributed by atoms with E-state index in [1.54, 1.807) is 0 Å². The first-order valence-electron chi connectivity index (χ1n) is 7.68. The van der Waals surface area contributed by atoms with E-state index in [0.29, 0.717) is 10.8 Å². The maximum atomic E-state index is 3.32. The van der Waals surface area contributed by atoms with E-state index in [1.807, 2.05) is 0 Å². The molecular weight excluding hydrogens is 369 g/mol. The van der Waals surface area contributed by atoms with Crippen LogP contribution in [0.15, 0.2) is 35.5 Å². The zero-order chi connectivity index (χ0) is 15.2. The average Bonchev–Trinajstić information content (AvgIpc) is 2.87. The molecule has 0 spiro atoms. The molecule has 0 saturated heterocycles. The Labute approximate surface area is 161 Å². The van der Waals surface area contributed by atoms with Crippen LogP contribution in [-0.4, -0.2) is 0 Å². The Morgan fingerprint density at radius 2 is 1.04 bits per heavy atom. The van der Waals surface area contributed by atoms with Gasteiger partial charge in [0.2, 0.25) is 0 Å². The molecule has 0 amide bonds. The van der Waals surface area contributed by atoms with Crippen molar-refractivity contribution in [2.24, 2.45) is 10.8 Å². The van der Waals surface area contributed by atoms with Gasteiger partial charge < -0.3 is 0 Å². The number of hydrogen-bond acceptors (Lipinski definition) is 0. The SMILES string of the molecule is CC(C)(C)CC1=[C-]CC=C1.CC(C)(C)CC1=[C-]CC=C1.F.F.[Zr+2]. The Hall–Kier alpha value is -0.297. The smallest absolute Gasteiger partial charge is 0.269 e. The molecule has 0 unspecified atom stereocenters. The quantitative estimate of drug-likeness (QED) is 0.462. The van der Waals surface area contributed by atoms with Crippen molar-refractivity contribution in [2.75, 3.05) is 0 Å². The summed E-state index contributed by atoms with van der Waals surface area (Å²) in [5, 5.41) is 0. The summed E-state index contributed by atoms with van der Waals surface area (Å²) in [4.78, 5) is 0. The first-order chi connectivity index (χ1) is 9.16. The fraction of sp³-hybridized carbons (Fsp3) is 0.600. The van der Waals surface area contributed by atoms with Gasteiger partial charge in [-0.3, -0.25) is 21.6 Å². The van der Waals surface area contributed by atoms with Crippen LogP contribution >= 0.6 is 0 Å². The fourth-order valence-corrected chi connectivity index (χ4v) is 2.29. The van der Waals surface area contributed by atoms with E-state index in [9.17, 15) is 0 Å². The first kappa shape index (κ1) is 27.5. The van der Waals surface area contributed by atoms with Crippen LogP contribution in [0, 0.1) is 23.0 Å². The summed E-state index contributed by atoms with van der Waals surface area (Å²) in [6, 6.07) is 0. The third-order valence-electron chi connectivity index (χ3n) is 2.97. The van der Waals surface area contributed by atoms with Crippen molar-refractivity contribution in [3.63, 3.8) is 0 Å². The molecule has 0 atom stereocenters. The van der Waals surface area contributed by atoms with Crippen LogP contribution in [0.5, 0.6) is 0 Å². The zero-order valence-corrected chi connectivity index (χ0v) is 17.9. The van der Waals surface area contributed by atoms with Crippen LogP contribution in [0.3, 0.4) is 0 Å². The molecule has 2 rings (SSSR count). The van der Waals surface area contributed by atoms with Crippen LogP contribution in [-0.2, 0) is 26.2 Å². The molecule has 130 valence electrons. The molecule has 0 aromatic carbocycles. The standard InChI is InChI=1S/2C10H15.2FH.Zr/c2*1-10(2,3)8-9-6-4-5-7-9;;;/h2*4,6H,5,8H2,1-3H3;2*1H;/q2*-1;;;+2. The summed E-state index contributed by atoms with van der Waals surface area (Å²) in [5.74, 6) is 0. The second-order valence-corrected chi connectivity index (χ2v) is 8.09. The van der Waals surface area contributed by atoms with E-state index >= 15 is 0 Å². The summed E-state index contributed by atoms with van der Waals surface area (Å²) in [6.07, 6.45) is 19.7. The van der Waals surface area contributed by atoms with Crippen LogP contribution in [0.25, 0.3) is 0 Å². The molecule has 0 N–H and O–H groups in total. The molecule has 0 aromatic heterocycles. The van der Waals surface area contributed by atoms with Gasteiger partial charge in [-0.25, -0.2) is 23.3 Å². The Morgan fingerprint density at radius 1 is 0.739 bits per heavy atom. The van der Waals surface area contributed by atoms with Crippen molar-refractivity contribution in [1.82, 2.24) is 0 Å². The van der Waals surface area contributed by atoms with E-state index in [1.165, 1.54) is 11.1 Å². The molecular formula is C20H32F2Zr. The van der Waals surface area contributed by atoms with Gasteiger partial charge in [-0.05, 0) is 10.8 Å². The van der Waals surface area contributed by atoms with E-state index in [2.05, 4.69) is 78.0 Å². The second kappa shape index (κ2) is 12.1.